The van der Waals surface area contributed by atoms with Crippen LogP contribution < -0.4 is 0 Å². The van der Waals surface area contributed by atoms with E-state index in [-0.39, 0.29) is 5.29 Å². The summed E-state index contributed by atoms with van der Waals surface area (Å²) in [6.45, 7) is 23.1. The average molecular weight is 299 g/mol. The van der Waals surface area contributed by atoms with Crippen LogP contribution in [0.25, 0.3) is 0 Å². The van der Waals surface area contributed by atoms with Gasteiger partial charge in [-0.15, -0.1) is 12.3 Å². The molecule has 0 saturated carbocycles. The highest BCUT2D eigenvalue weighted by Gasteiger charge is 2.40. The number of nitrogens with zero attached hydrogens (tertiary/aromatic N) is 2. The van der Waals surface area contributed by atoms with Crippen LogP contribution in [0.4, 0.5) is 0 Å². The van der Waals surface area contributed by atoms with Gasteiger partial charge in [0.1, 0.15) is 0 Å². The summed E-state index contributed by atoms with van der Waals surface area (Å²) in [4.78, 5) is 5.49. The molecule has 0 fully saturated rings. The molecule has 0 aliphatic carbocycles. The summed E-state index contributed by atoms with van der Waals surface area (Å²) < 4.78 is 0. The van der Waals surface area contributed by atoms with Crippen molar-refractivity contribution in [3.05, 3.63) is 12.3 Å². The summed E-state index contributed by atoms with van der Waals surface area (Å²) in [5.74, 6) is 0. The van der Waals surface area contributed by atoms with E-state index in [2.05, 4.69) is 63.2 Å². The van der Waals surface area contributed by atoms with Gasteiger partial charge in [0.05, 0.1) is 14.1 Å². The predicted octanol–water partition coefficient (Wildman–Crippen LogP) is 4.07. The fraction of sp³-hybridized carbons (Fsp3) is 0.882. The topological polar surface area (TPSA) is 6.48 Å². The largest absolute Gasteiger partial charge is 0.288 e. The highest BCUT2D eigenvalue weighted by Crippen LogP contribution is 2.26. The fourth-order valence-electron chi connectivity index (χ4n) is 3.21. The first kappa shape index (κ1) is 19.9. The van der Waals surface area contributed by atoms with Crippen LogP contribution in [0.1, 0.15) is 60.3 Å². The van der Waals surface area contributed by atoms with Gasteiger partial charge in [0, 0.05) is 0 Å². The first-order valence-corrected chi connectivity index (χ1v) is 11.0. The van der Waals surface area contributed by atoms with Gasteiger partial charge in [-0.3, -0.25) is 9.80 Å². The second-order valence-electron chi connectivity index (χ2n) is 6.09. The summed E-state index contributed by atoms with van der Waals surface area (Å²) in [6.07, 6.45) is 4.94. The standard InChI is InChI=1S/C17H38N2Si/c1-8-13-18(14-9-2)17(6,20(7)12-5)19(15-10-3)16-11-4/h12,20H,5,8-11,13-16H2,1-4,6-7H3. The molecule has 2 nitrogen and oxygen atoms in total. The fourth-order valence-corrected chi connectivity index (χ4v) is 5.32. The normalized spacial score (nSPS) is 14.0. The molecule has 0 aromatic rings. The van der Waals surface area contributed by atoms with E-state index in [0.29, 0.717) is 0 Å². The maximum absolute atomic E-state index is 4.14. The van der Waals surface area contributed by atoms with E-state index in [4.69, 9.17) is 0 Å². The van der Waals surface area contributed by atoms with Gasteiger partial charge >= 0.3 is 0 Å². The van der Waals surface area contributed by atoms with Crippen LogP contribution in [-0.2, 0) is 0 Å². The minimum atomic E-state index is -1.04. The van der Waals surface area contributed by atoms with Gasteiger partial charge in [-0.1, -0.05) is 34.2 Å². The minimum absolute atomic E-state index is 0.236. The lowest BCUT2D eigenvalue weighted by atomic mass is 10.2. The summed E-state index contributed by atoms with van der Waals surface area (Å²) in [7, 11) is -1.04. The maximum Gasteiger partial charge on any atom is 0.0985 e. The van der Waals surface area contributed by atoms with Crippen LogP contribution >= 0.6 is 0 Å². The second kappa shape index (κ2) is 10.6. The molecular weight excluding hydrogens is 260 g/mol. The molecule has 20 heavy (non-hydrogen) atoms. The van der Waals surface area contributed by atoms with E-state index >= 15 is 0 Å². The Morgan fingerprint density at radius 3 is 1.35 bits per heavy atom. The Hall–Kier alpha value is -0.123. The van der Waals surface area contributed by atoms with Crippen molar-refractivity contribution in [2.75, 3.05) is 26.2 Å². The second-order valence-corrected chi connectivity index (χ2v) is 9.24. The molecule has 0 radical (unpaired) electrons. The number of hydrogen-bond donors (Lipinski definition) is 0. The molecule has 0 bridgehead atoms. The third kappa shape index (κ3) is 5.01. The lowest BCUT2D eigenvalue weighted by Gasteiger charge is -2.52. The highest BCUT2D eigenvalue weighted by atomic mass is 28.3. The summed E-state index contributed by atoms with van der Waals surface area (Å²) in [5.41, 5.74) is 2.27. The minimum Gasteiger partial charge on any atom is -0.288 e. The zero-order chi connectivity index (χ0) is 15.6. The maximum atomic E-state index is 4.14. The molecule has 3 heteroatoms. The monoisotopic (exact) mass is 298 g/mol. The number of hydrogen-bond acceptors (Lipinski definition) is 2. The average Bonchev–Trinajstić information content (AvgIpc) is 2.45. The van der Waals surface area contributed by atoms with E-state index in [1.165, 1.54) is 51.9 Å². The Kier molecular flexibility index (Phi) is 10.5. The molecule has 0 spiro atoms. The van der Waals surface area contributed by atoms with Crippen LogP contribution in [0, 0.1) is 0 Å². The van der Waals surface area contributed by atoms with Crippen molar-refractivity contribution in [2.24, 2.45) is 0 Å². The van der Waals surface area contributed by atoms with Crippen molar-refractivity contribution < 1.29 is 0 Å². The molecule has 1 unspecified atom stereocenters. The molecule has 1 atom stereocenters. The summed E-state index contributed by atoms with van der Waals surface area (Å²) >= 11 is 0. The van der Waals surface area contributed by atoms with Gasteiger partial charge in [-0.2, -0.15) is 0 Å². The smallest absolute Gasteiger partial charge is 0.0985 e. The Labute approximate surface area is 129 Å². The lowest BCUT2D eigenvalue weighted by molar-refractivity contribution is 0.0132. The molecule has 120 valence electrons. The van der Waals surface area contributed by atoms with E-state index in [0.717, 1.165) is 0 Å². The Bertz CT molecular complexity index is 227. The van der Waals surface area contributed by atoms with Gasteiger partial charge in [0.15, 0.2) is 0 Å². The Morgan fingerprint density at radius 1 is 0.850 bits per heavy atom. The Morgan fingerprint density at radius 2 is 1.15 bits per heavy atom. The molecule has 0 aromatic carbocycles. The van der Waals surface area contributed by atoms with Crippen molar-refractivity contribution in [1.29, 1.82) is 0 Å². The molecule has 0 rings (SSSR count). The van der Waals surface area contributed by atoms with Crippen molar-refractivity contribution >= 4 is 8.80 Å². The SMILES string of the molecule is C=C[SiH](C)C(C)(N(CCC)CCC)N(CCC)CCC. The molecule has 0 aliphatic heterocycles. The lowest BCUT2D eigenvalue weighted by Crippen LogP contribution is -2.66. The zero-order valence-corrected chi connectivity index (χ0v) is 16.1. The van der Waals surface area contributed by atoms with E-state index in [9.17, 15) is 0 Å². The molecule has 0 heterocycles. The van der Waals surface area contributed by atoms with Gasteiger partial charge in [-0.25, -0.2) is 0 Å². The first-order valence-electron chi connectivity index (χ1n) is 8.65. The van der Waals surface area contributed by atoms with Gasteiger partial charge in [-0.05, 0) is 58.8 Å². The Balaban J connectivity index is 5.44. The molecule has 0 aliphatic rings. The van der Waals surface area contributed by atoms with E-state index in [1.54, 1.807) is 0 Å². The molecule has 0 aromatic heterocycles. The van der Waals surface area contributed by atoms with Crippen LogP contribution in [0.5, 0.6) is 0 Å². The van der Waals surface area contributed by atoms with Gasteiger partial charge in [0.25, 0.3) is 0 Å². The molecule has 0 amide bonds. The zero-order valence-electron chi connectivity index (χ0n) is 14.9. The highest BCUT2D eigenvalue weighted by molar-refractivity contribution is 6.65. The van der Waals surface area contributed by atoms with E-state index in [1.807, 2.05) is 0 Å². The summed E-state index contributed by atoms with van der Waals surface area (Å²) in [5, 5.41) is 0.236. The van der Waals surface area contributed by atoms with Crippen LogP contribution in [0.2, 0.25) is 6.55 Å². The molecule has 0 saturated heterocycles. The molecule has 0 N–H and O–H groups in total. The quantitative estimate of drug-likeness (QED) is 0.396. The van der Waals surface area contributed by atoms with Crippen molar-refractivity contribution in [2.45, 2.75) is 72.1 Å². The summed E-state index contributed by atoms with van der Waals surface area (Å²) in [6, 6.07) is 0. The van der Waals surface area contributed by atoms with Crippen LogP contribution in [-0.4, -0.2) is 50.1 Å². The van der Waals surface area contributed by atoms with Crippen molar-refractivity contribution in [3.63, 3.8) is 0 Å². The molecular formula is C17H38N2Si. The third-order valence-electron chi connectivity index (χ3n) is 4.47. The van der Waals surface area contributed by atoms with Crippen molar-refractivity contribution in [1.82, 2.24) is 9.80 Å². The first-order chi connectivity index (χ1) is 9.52. The van der Waals surface area contributed by atoms with Crippen molar-refractivity contribution in [3.8, 4) is 0 Å². The van der Waals surface area contributed by atoms with Crippen LogP contribution in [0.3, 0.4) is 0 Å². The van der Waals surface area contributed by atoms with Gasteiger partial charge in [0.2, 0.25) is 0 Å². The predicted molar refractivity (Wildman–Crippen MR) is 95.9 cm³/mol. The third-order valence-corrected chi connectivity index (χ3v) is 7.63. The number of rotatable bonds is 12. The van der Waals surface area contributed by atoms with E-state index < -0.39 is 8.80 Å². The van der Waals surface area contributed by atoms with Gasteiger partial charge < -0.3 is 0 Å². The van der Waals surface area contributed by atoms with Crippen LogP contribution in [0.15, 0.2) is 12.3 Å².